The first-order chi connectivity index (χ1) is 11.2. The van der Waals surface area contributed by atoms with E-state index < -0.39 is 6.93 Å². The zero-order valence-corrected chi connectivity index (χ0v) is 13.5. The summed E-state index contributed by atoms with van der Waals surface area (Å²) < 4.78 is 5.44. The van der Waals surface area contributed by atoms with Crippen molar-refractivity contribution in [1.82, 2.24) is 0 Å². The van der Waals surface area contributed by atoms with Crippen molar-refractivity contribution in [3.8, 4) is 0 Å². The summed E-state index contributed by atoms with van der Waals surface area (Å²) in [5, 5.41) is 2.88. The highest BCUT2D eigenvalue weighted by molar-refractivity contribution is 8.00. The number of benzene rings is 3. The van der Waals surface area contributed by atoms with Crippen LogP contribution in [0.2, 0.25) is 0 Å². The normalized spacial score (nSPS) is 12.6. The predicted octanol–water partition coefficient (Wildman–Crippen LogP) is 3.88. The molecule has 116 valence electrons. The van der Waals surface area contributed by atoms with Crippen LogP contribution in [0, 0.1) is 0 Å². The summed E-state index contributed by atoms with van der Waals surface area (Å²) >= 11 is 0. The molecule has 23 heavy (non-hydrogen) atoms. The van der Waals surface area contributed by atoms with Crippen LogP contribution in [0.5, 0.6) is 0 Å². The third-order valence-corrected chi connectivity index (χ3v) is 5.72. The maximum Gasteiger partial charge on any atom is 0.0674 e. The maximum absolute atomic E-state index is 5.44. The standard InChI is InChI=1S/C20H22BNP/c1-17(18-11-5-2-6-12-18)22-23(21,19-13-7-3-8-14-19)20-15-9-4-10-16-20/h2-17H,1,21H3/q-1/t17-/m1/s1. The van der Waals surface area contributed by atoms with E-state index in [1.54, 1.807) is 0 Å². The van der Waals surface area contributed by atoms with E-state index in [0.717, 1.165) is 0 Å². The molecule has 0 aliphatic heterocycles. The number of rotatable bonds is 4. The van der Waals surface area contributed by atoms with Gasteiger partial charge in [0, 0.05) is 7.57 Å². The average Bonchev–Trinajstić information content (AvgIpc) is 2.64. The summed E-state index contributed by atoms with van der Waals surface area (Å²) in [5.74, 6) is 0. The Hall–Kier alpha value is -2.05. The highest BCUT2D eigenvalue weighted by Crippen LogP contribution is 2.45. The maximum atomic E-state index is 5.44. The van der Waals surface area contributed by atoms with Crippen LogP contribution in [-0.2, 0) is 0 Å². The van der Waals surface area contributed by atoms with E-state index in [1.807, 2.05) is 0 Å². The van der Waals surface area contributed by atoms with Gasteiger partial charge in [0.05, 0.1) is 6.04 Å². The van der Waals surface area contributed by atoms with Gasteiger partial charge in [-0.05, 0) is 23.1 Å². The molecule has 0 heterocycles. The van der Waals surface area contributed by atoms with Gasteiger partial charge in [0.15, 0.2) is 0 Å². The third-order valence-electron chi connectivity index (χ3n) is 3.57. The lowest BCUT2D eigenvalue weighted by Crippen LogP contribution is -2.16. The van der Waals surface area contributed by atoms with Crippen molar-refractivity contribution in [3.63, 3.8) is 0 Å². The fourth-order valence-corrected chi connectivity index (χ4v) is 4.35. The van der Waals surface area contributed by atoms with Crippen LogP contribution in [0.1, 0.15) is 18.5 Å². The minimum Gasteiger partial charge on any atom is -0.326 e. The van der Waals surface area contributed by atoms with Crippen molar-refractivity contribution < 1.29 is 0 Å². The summed E-state index contributed by atoms with van der Waals surface area (Å²) in [4.78, 5) is 0. The van der Waals surface area contributed by atoms with Crippen LogP contribution in [0.15, 0.2) is 95.7 Å². The fourth-order valence-electron chi connectivity index (χ4n) is 2.39. The number of hydrogen-bond donors (Lipinski definition) is 0. The van der Waals surface area contributed by atoms with Gasteiger partial charge in [-0.2, -0.15) is 0 Å². The highest BCUT2D eigenvalue weighted by Gasteiger charge is 2.14. The predicted molar refractivity (Wildman–Crippen MR) is 106 cm³/mol. The van der Waals surface area contributed by atoms with Crippen LogP contribution >= 0.6 is 6.93 Å². The minimum atomic E-state index is -1.52. The van der Waals surface area contributed by atoms with Gasteiger partial charge in [-0.1, -0.05) is 91.0 Å². The Morgan fingerprint density at radius 3 is 1.52 bits per heavy atom. The lowest BCUT2D eigenvalue weighted by molar-refractivity contribution is 0.833. The Morgan fingerprint density at radius 1 is 0.696 bits per heavy atom. The molecule has 0 fully saturated rings. The summed E-state index contributed by atoms with van der Waals surface area (Å²) in [6, 6.07) is 32.8. The van der Waals surface area contributed by atoms with Gasteiger partial charge in [0.1, 0.15) is 0 Å². The van der Waals surface area contributed by atoms with Gasteiger partial charge in [0.25, 0.3) is 0 Å². The van der Waals surface area contributed by atoms with Gasteiger partial charge in [0.2, 0.25) is 0 Å². The molecule has 3 aromatic carbocycles. The largest absolute Gasteiger partial charge is 0.326 e. The Labute approximate surface area is 139 Å². The number of hydrogen-bond acceptors (Lipinski definition) is 1. The van der Waals surface area contributed by atoms with E-state index in [1.165, 1.54) is 16.2 Å². The van der Waals surface area contributed by atoms with Crippen molar-refractivity contribution >= 4 is 25.1 Å². The second-order valence-corrected chi connectivity index (χ2v) is 7.07. The van der Waals surface area contributed by atoms with E-state index in [4.69, 9.17) is 4.74 Å². The molecule has 0 aromatic heterocycles. The monoisotopic (exact) mass is 318 g/mol. The molecule has 0 radical (unpaired) electrons. The van der Waals surface area contributed by atoms with Gasteiger partial charge in [-0.15, -0.1) is 6.93 Å². The Morgan fingerprint density at radius 2 is 1.09 bits per heavy atom. The number of nitrogens with zero attached hydrogens (tertiary/aromatic N) is 1. The van der Waals surface area contributed by atoms with Crippen molar-refractivity contribution in [1.29, 1.82) is 0 Å². The zero-order chi connectivity index (χ0) is 16.1. The zero-order valence-electron chi connectivity index (χ0n) is 12.6. The molecule has 0 amide bonds. The van der Waals surface area contributed by atoms with Crippen molar-refractivity contribution in [2.45, 2.75) is 13.0 Å². The topological polar surface area (TPSA) is 12.4 Å². The molecule has 0 aliphatic rings. The van der Waals surface area contributed by atoms with E-state index in [9.17, 15) is 0 Å². The second kappa shape index (κ2) is 7.02. The lowest BCUT2D eigenvalue weighted by Gasteiger charge is -2.29. The second-order valence-electron chi connectivity index (χ2n) is 5.19. The molecular weight excluding hydrogens is 296 g/mol. The first kappa shape index (κ1) is 15.8. The van der Waals surface area contributed by atoms with E-state index in [0.29, 0.717) is 0 Å². The van der Waals surface area contributed by atoms with Crippen LogP contribution < -0.4 is 10.6 Å². The summed E-state index contributed by atoms with van der Waals surface area (Å²) in [5.41, 5.74) is 1.31. The Kier molecular flexibility index (Phi) is 4.83. The van der Waals surface area contributed by atoms with Crippen LogP contribution in [0.4, 0.5) is 0 Å². The van der Waals surface area contributed by atoms with Crippen molar-refractivity contribution in [2.75, 3.05) is 0 Å². The first-order valence-electron chi connectivity index (χ1n) is 7.50. The van der Waals surface area contributed by atoms with Crippen LogP contribution in [0.3, 0.4) is 0 Å². The van der Waals surface area contributed by atoms with E-state index in [-0.39, 0.29) is 13.6 Å². The van der Waals surface area contributed by atoms with E-state index in [2.05, 4.69) is 97.9 Å². The molecule has 3 aromatic rings. The Balaban J connectivity index is 2.15. The summed E-state index contributed by atoms with van der Waals surface area (Å²) in [6.07, 6.45) is 0. The lowest BCUT2D eigenvalue weighted by atomic mass is 10.1. The molecule has 1 atom stereocenters. The SMILES string of the molecule is [BH3-]P(=N[C@H](C)c1ccccc1)(c1ccccc1)c1ccccc1. The molecule has 3 heteroatoms. The van der Waals surface area contributed by atoms with Crippen LogP contribution in [-0.4, -0.2) is 7.57 Å². The summed E-state index contributed by atoms with van der Waals surface area (Å²) in [6.45, 7) is 0.713. The third kappa shape index (κ3) is 3.49. The molecule has 0 saturated heterocycles. The molecule has 0 spiro atoms. The minimum absolute atomic E-state index is 0.0132. The molecule has 0 aliphatic carbocycles. The average molecular weight is 318 g/mol. The highest BCUT2D eigenvalue weighted by atomic mass is 31.2. The molecule has 0 N–H and O–H groups in total. The Bertz CT molecular complexity index is 757. The fraction of sp³-hybridized carbons (Fsp3) is 0.100. The van der Waals surface area contributed by atoms with Gasteiger partial charge in [-0.3, -0.25) is 0 Å². The molecule has 1 nitrogen and oxygen atoms in total. The molecule has 0 unspecified atom stereocenters. The molecular formula is C20H22BNP-. The quantitative estimate of drug-likeness (QED) is 0.511. The smallest absolute Gasteiger partial charge is 0.0674 e. The first-order valence-corrected chi connectivity index (χ1v) is 8.80. The molecule has 0 bridgehead atoms. The van der Waals surface area contributed by atoms with Gasteiger partial charge in [-0.25, -0.2) is 0 Å². The van der Waals surface area contributed by atoms with Gasteiger partial charge >= 0.3 is 0 Å². The van der Waals surface area contributed by atoms with E-state index >= 15 is 0 Å². The van der Waals surface area contributed by atoms with Crippen molar-refractivity contribution in [2.24, 2.45) is 4.74 Å². The van der Waals surface area contributed by atoms with Crippen molar-refractivity contribution in [3.05, 3.63) is 96.6 Å². The summed E-state index contributed by atoms with van der Waals surface area (Å²) in [7, 11) is 0.0132. The molecule has 0 saturated carbocycles. The van der Waals surface area contributed by atoms with Gasteiger partial charge < -0.3 is 4.74 Å². The van der Waals surface area contributed by atoms with Crippen LogP contribution in [0.25, 0.3) is 0 Å². The molecule has 3 rings (SSSR count).